The Hall–Kier alpha value is -2.20. The highest BCUT2D eigenvalue weighted by molar-refractivity contribution is 14.0. The number of aromatic nitrogens is 2. The lowest BCUT2D eigenvalue weighted by atomic mass is 10.1. The number of para-hydroxylation sites is 2. The van der Waals surface area contributed by atoms with Gasteiger partial charge < -0.3 is 20.1 Å². The summed E-state index contributed by atoms with van der Waals surface area (Å²) in [5, 5.41) is 6.69. The van der Waals surface area contributed by atoms with E-state index in [1.807, 2.05) is 57.1 Å². The number of hydrogen-bond donors (Lipinski definition) is 2. The molecule has 1 heterocycles. The van der Waals surface area contributed by atoms with Crippen molar-refractivity contribution < 1.29 is 4.39 Å². The Labute approximate surface area is 207 Å². The van der Waals surface area contributed by atoms with Gasteiger partial charge in [0, 0.05) is 31.7 Å². The van der Waals surface area contributed by atoms with Gasteiger partial charge in [-0.2, -0.15) is 0 Å². The molecule has 0 saturated carbocycles. The maximum Gasteiger partial charge on any atom is 0.191 e. The first-order valence-electron chi connectivity index (χ1n) is 10.8. The number of aryl methyl sites for hydroxylation is 2. The van der Waals surface area contributed by atoms with E-state index >= 15 is 0 Å². The van der Waals surface area contributed by atoms with Crippen molar-refractivity contribution in [2.75, 3.05) is 27.2 Å². The Morgan fingerprint density at radius 3 is 2.69 bits per heavy atom. The number of hydrogen-bond acceptors (Lipinski definition) is 3. The predicted octanol–water partition coefficient (Wildman–Crippen LogP) is 4.31. The highest BCUT2D eigenvalue weighted by Gasteiger charge is 2.07. The minimum Gasteiger partial charge on any atom is -0.357 e. The van der Waals surface area contributed by atoms with Crippen LogP contribution in [-0.4, -0.2) is 47.6 Å². The Balaban J connectivity index is 0.00000363. The molecule has 0 saturated heterocycles. The third-order valence-corrected chi connectivity index (χ3v) is 5.06. The van der Waals surface area contributed by atoms with Crippen LogP contribution in [0.2, 0.25) is 0 Å². The number of fused-ring (bicyclic) bond motifs is 1. The fourth-order valence-electron chi connectivity index (χ4n) is 3.62. The number of rotatable bonds is 9. The molecule has 0 radical (unpaired) electrons. The van der Waals surface area contributed by atoms with E-state index < -0.39 is 0 Å². The third kappa shape index (κ3) is 7.16. The second kappa shape index (κ2) is 12.7. The quantitative estimate of drug-likeness (QED) is 0.180. The first-order chi connectivity index (χ1) is 15.0. The standard InChI is InChI=1S/C24H33FN6.HI/c1-5-26-24(28-16-19-11-12-21(25)20(15-19)17-30(3)4)27-13-8-14-31-18(2)29-22-9-6-7-10-23(22)31;/h6-7,9-12,15H,5,8,13-14,16-17H2,1-4H3,(H2,26,27,28);1H. The number of guanidine groups is 1. The summed E-state index contributed by atoms with van der Waals surface area (Å²) in [7, 11) is 3.87. The van der Waals surface area contributed by atoms with Crippen molar-refractivity contribution in [1.82, 2.24) is 25.1 Å². The molecule has 8 heteroatoms. The van der Waals surface area contributed by atoms with Gasteiger partial charge in [-0.25, -0.2) is 14.4 Å². The monoisotopic (exact) mass is 552 g/mol. The second-order valence-corrected chi connectivity index (χ2v) is 7.94. The lowest BCUT2D eigenvalue weighted by Gasteiger charge is -2.13. The molecule has 0 unspecified atom stereocenters. The minimum atomic E-state index is -0.172. The van der Waals surface area contributed by atoms with Crippen LogP contribution in [-0.2, 0) is 19.6 Å². The van der Waals surface area contributed by atoms with E-state index in [1.165, 1.54) is 11.6 Å². The van der Waals surface area contributed by atoms with Crippen LogP contribution in [0.4, 0.5) is 4.39 Å². The highest BCUT2D eigenvalue weighted by atomic mass is 127. The zero-order valence-corrected chi connectivity index (χ0v) is 21.7. The summed E-state index contributed by atoms with van der Waals surface area (Å²) in [5.74, 6) is 1.63. The molecule has 0 fully saturated rings. The molecule has 174 valence electrons. The normalized spacial score (nSPS) is 11.6. The van der Waals surface area contributed by atoms with Crippen LogP contribution in [0.25, 0.3) is 11.0 Å². The van der Waals surface area contributed by atoms with E-state index in [0.29, 0.717) is 18.7 Å². The summed E-state index contributed by atoms with van der Waals surface area (Å²) >= 11 is 0. The van der Waals surface area contributed by atoms with Crippen molar-refractivity contribution in [3.63, 3.8) is 0 Å². The van der Waals surface area contributed by atoms with Crippen molar-refractivity contribution >= 4 is 41.0 Å². The maximum atomic E-state index is 14.0. The molecular weight excluding hydrogens is 518 g/mol. The van der Waals surface area contributed by atoms with Gasteiger partial charge in [-0.05, 0) is 64.2 Å². The van der Waals surface area contributed by atoms with Crippen molar-refractivity contribution in [2.24, 2.45) is 4.99 Å². The molecule has 3 aromatic rings. The van der Waals surface area contributed by atoms with Gasteiger partial charge in [0.1, 0.15) is 11.6 Å². The van der Waals surface area contributed by atoms with Gasteiger partial charge >= 0.3 is 0 Å². The Morgan fingerprint density at radius 2 is 1.94 bits per heavy atom. The fraction of sp³-hybridized carbons (Fsp3) is 0.417. The molecule has 0 aliphatic carbocycles. The van der Waals surface area contributed by atoms with Crippen LogP contribution in [0.15, 0.2) is 47.5 Å². The van der Waals surface area contributed by atoms with E-state index in [-0.39, 0.29) is 29.8 Å². The van der Waals surface area contributed by atoms with E-state index in [4.69, 9.17) is 0 Å². The van der Waals surface area contributed by atoms with Gasteiger partial charge in [0.25, 0.3) is 0 Å². The average Bonchev–Trinajstić information content (AvgIpc) is 3.06. The van der Waals surface area contributed by atoms with Gasteiger partial charge in [0.05, 0.1) is 17.6 Å². The smallest absolute Gasteiger partial charge is 0.191 e. The van der Waals surface area contributed by atoms with E-state index in [0.717, 1.165) is 48.9 Å². The number of nitrogens with one attached hydrogen (secondary N) is 2. The zero-order valence-electron chi connectivity index (χ0n) is 19.4. The summed E-state index contributed by atoms with van der Waals surface area (Å²) in [6.45, 7) is 7.65. The van der Waals surface area contributed by atoms with Gasteiger partial charge in [-0.15, -0.1) is 24.0 Å². The van der Waals surface area contributed by atoms with Crippen molar-refractivity contribution in [1.29, 1.82) is 0 Å². The van der Waals surface area contributed by atoms with Crippen molar-refractivity contribution in [3.05, 3.63) is 65.2 Å². The molecule has 0 amide bonds. The van der Waals surface area contributed by atoms with E-state index in [2.05, 4.69) is 31.2 Å². The van der Waals surface area contributed by atoms with Crippen LogP contribution in [0.5, 0.6) is 0 Å². The summed E-state index contributed by atoms with van der Waals surface area (Å²) in [6, 6.07) is 13.5. The van der Waals surface area contributed by atoms with E-state index in [9.17, 15) is 4.39 Å². The molecule has 6 nitrogen and oxygen atoms in total. The van der Waals surface area contributed by atoms with Crippen LogP contribution >= 0.6 is 24.0 Å². The zero-order chi connectivity index (χ0) is 22.2. The summed E-state index contributed by atoms with van der Waals surface area (Å²) < 4.78 is 16.3. The molecule has 0 aliphatic rings. The first-order valence-corrected chi connectivity index (χ1v) is 10.8. The van der Waals surface area contributed by atoms with E-state index in [1.54, 1.807) is 6.07 Å². The van der Waals surface area contributed by atoms with Gasteiger partial charge in [0.2, 0.25) is 0 Å². The molecule has 0 bridgehead atoms. The van der Waals surface area contributed by atoms with Gasteiger partial charge in [-0.1, -0.05) is 18.2 Å². The SMILES string of the molecule is CCNC(=NCc1ccc(F)c(CN(C)C)c1)NCCCn1c(C)nc2ccccc21.I. The topological polar surface area (TPSA) is 57.5 Å². The summed E-state index contributed by atoms with van der Waals surface area (Å²) in [6.07, 6.45) is 0.954. The van der Waals surface area contributed by atoms with Crippen LogP contribution in [0.1, 0.15) is 30.3 Å². The predicted molar refractivity (Wildman–Crippen MR) is 141 cm³/mol. The highest BCUT2D eigenvalue weighted by Crippen LogP contribution is 2.16. The van der Waals surface area contributed by atoms with Gasteiger partial charge in [-0.3, -0.25) is 0 Å². The minimum absolute atomic E-state index is 0. The first kappa shape index (κ1) is 26.1. The molecule has 3 rings (SSSR count). The molecular formula is C24H34FIN6. The van der Waals surface area contributed by atoms with Gasteiger partial charge in [0.15, 0.2) is 5.96 Å². The van der Waals surface area contributed by atoms with Crippen LogP contribution < -0.4 is 10.6 Å². The maximum absolute atomic E-state index is 14.0. The third-order valence-electron chi connectivity index (χ3n) is 5.06. The number of halogens is 2. The lowest BCUT2D eigenvalue weighted by molar-refractivity contribution is 0.392. The van der Waals surface area contributed by atoms with Crippen LogP contribution in [0.3, 0.4) is 0 Å². The summed E-state index contributed by atoms with van der Waals surface area (Å²) in [4.78, 5) is 11.3. The molecule has 0 aliphatic heterocycles. The number of benzene rings is 2. The lowest BCUT2D eigenvalue weighted by Crippen LogP contribution is -2.38. The Morgan fingerprint density at radius 1 is 1.16 bits per heavy atom. The van der Waals surface area contributed by atoms with Crippen molar-refractivity contribution in [2.45, 2.75) is 39.9 Å². The van der Waals surface area contributed by atoms with Crippen molar-refractivity contribution in [3.8, 4) is 0 Å². The number of imidazole rings is 1. The average molecular weight is 552 g/mol. The molecule has 2 N–H and O–H groups in total. The second-order valence-electron chi connectivity index (χ2n) is 7.94. The molecule has 0 spiro atoms. The number of aliphatic imine (C=N–C) groups is 1. The van der Waals surface area contributed by atoms with Crippen LogP contribution in [0, 0.1) is 12.7 Å². The molecule has 0 atom stereocenters. The Bertz CT molecular complexity index is 1030. The number of nitrogens with zero attached hydrogens (tertiary/aromatic N) is 4. The fourth-order valence-corrected chi connectivity index (χ4v) is 3.62. The molecule has 2 aromatic carbocycles. The summed E-state index contributed by atoms with van der Waals surface area (Å²) in [5.41, 5.74) is 3.90. The molecule has 1 aromatic heterocycles. The Kier molecular flexibility index (Phi) is 10.4. The largest absolute Gasteiger partial charge is 0.357 e. The molecule has 32 heavy (non-hydrogen) atoms.